The normalized spacial score (nSPS) is 12.7. The number of aromatic nitrogens is 2. The summed E-state index contributed by atoms with van der Waals surface area (Å²) in [4.78, 5) is 2.18. The first-order chi connectivity index (χ1) is 9.60. The maximum Gasteiger partial charge on any atom is 0.0542 e. The van der Waals surface area contributed by atoms with Crippen molar-refractivity contribution in [1.29, 1.82) is 0 Å². The van der Waals surface area contributed by atoms with E-state index in [1.165, 1.54) is 16.8 Å². The van der Waals surface area contributed by atoms with Gasteiger partial charge in [0.2, 0.25) is 0 Å². The van der Waals surface area contributed by atoms with Crippen molar-refractivity contribution in [2.45, 2.75) is 33.0 Å². The van der Waals surface area contributed by atoms with Crippen LogP contribution in [0.25, 0.3) is 0 Å². The van der Waals surface area contributed by atoms with Gasteiger partial charge >= 0.3 is 0 Å². The van der Waals surface area contributed by atoms with Crippen molar-refractivity contribution in [2.75, 3.05) is 19.4 Å². The largest absolute Gasteiger partial charge is 0.378 e. The first-order valence-corrected chi connectivity index (χ1v) is 7.11. The Bertz CT molecular complexity index is 545. The van der Waals surface area contributed by atoms with E-state index in [-0.39, 0.29) is 6.04 Å². The second-order valence-electron chi connectivity index (χ2n) is 5.39. The summed E-state index contributed by atoms with van der Waals surface area (Å²) in [5.41, 5.74) is 3.72. The second kappa shape index (κ2) is 6.57. The lowest BCUT2D eigenvalue weighted by Crippen LogP contribution is -2.14. The van der Waals surface area contributed by atoms with E-state index in [1.807, 2.05) is 10.9 Å². The molecule has 1 unspecified atom stereocenters. The van der Waals surface area contributed by atoms with E-state index >= 15 is 0 Å². The van der Waals surface area contributed by atoms with Gasteiger partial charge in [-0.1, -0.05) is 18.2 Å². The molecule has 0 amide bonds. The summed E-state index contributed by atoms with van der Waals surface area (Å²) < 4.78 is 1.96. The average molecular weight is 272 g/mol. The molecule has 0 radical (unpaired) electrons. The van der Waals surface area contributed by atoms with Gasteiger partial charge in [0.25, 0.3) is 0 Å². The molecule has 1 N–H and O–H groups in total. The molecule has 2 rings (SSSR count). The minimum atomic E-state index is 0.249. The van der Waals surface area contributed by atoms with Crippen molar-refractivity contribution < 1.29 is 0 Å². The van der Waals surface area contributed by atoms with E-state index in [0.29, 0.717) is 0 Å². The van der Waals surface area contributed by atoms with E-state index in [1.54, 1.807) is 0 Å². The Hall–Kier alpha value is -1.81. The summed E-state index contributed by atoms with van der Waals surface area (Å²) in [5.74, 6) is 0. The molecule has 1 atom stereocenters. The molecule has 4 heteroatoms. The lowest BCUT2D eigenvalue weighted by molar-refractivity contribution is 0.403. The van der Waals surface area contributed by atoms with Crippen LogP contribution >= 0.6 is 0 Å². The quantitative estimate of drug-likeness (QED) is 0.877. The van der Waals surface area contributed by atoms with Crippen LogP contribution in [0.1, 0.15) is 31.0 Å². The number of nitrogens with zero attached hydrogens (tertiary/aromatic N) is 3. The molecule has 0 aliphatic rings. The van der Waals surface area contributed by atoms with Crippen LogP contribution in [0.4, 0.5) is 5.69 Å². The van der Waals surface area contributed by atoms with Gasteiger partial charge in [-0.25, -0.2) is 0 Å². The molecule has 4 nitrogen and oxygen atoms in total. The monoisotopic (exact) mass is 272 g/mol. The van der Waals surface area contributed by atoms with Crippen molar-refractivity contribution >= 4 is 5.69 Å². The highest BCUT2D eigenvalue weighted by Crippen LogP contribution is 2.22. The molecule has 0 saturated heterocycles. The number of para-hydroxylation sites is 1. The first-order valence-electron chi connectivity index (χ1n) is 7.11. The molecule has 108 valence electrons. The maximum atomic E-state index is 4.34. The van der Waals surface area contributed by atoms with E-state index in [9.17, 15) is 0 Å². The van der Waals surface area contributed by atoms with E-state index in [2.05, 4.69) is 73.7 Å². The third-order valence-electron chi connectivity index (χ3n) is 3.35. The number of hydrogen-bond donors (Lipinski definition) is 1. The third-order valence-corrected chi connectivity index (χ3v) is 3.35. The standard InChI is InChI=1S/C16H24N4/c1-5-20-12-15(10-17-20)13(2)18-16-9-7-6-8-14(16)11-19(3)4/h6-10,12-13,18H,5,11H2,1-4H3. The number of nitrogens with one attached hydrogen (secondary N) is 1. The Balaban J connectivity index is 2.12. The minimum absolute atomic E-state index is 0.249. The molecular formula is C16H24N4. The van der Waals surface area contributed by atoms with Crippen molar-refractivity contribution in [3.63, 3.8) is 0 Å². The van der Waals surface area contributed by atoms with Gasteiger partial charge in [-0.15, -0.1) is 0 Å². The summed E-state index contributed by atoms with van der Waals surface area (Å²) in [6, 6.07) is 8.72. The molecule has 0 aliphatic carbocycles. The van der Waals surface area contributed by atoms with Gasteiger partial charge in [-0.3, -0.25) is 4.68 Å². The van der Waals surface area contributed by atoms with Crippen LogP contribution in [-0.4, -0.2) is 28.8 Å². The molecule has 20 heavy (non-hydrogen) atoms. The van der Waals surface area contributed by atoms with E-state index in [0.717, 1.165) is 13.1 Å². The van der Waals surface area contributed by atoms with Crippen LogP contribution in [0.5, 0.6) is 0 Å². The van der Waals surface area contributed by atoms with Crippen molar-refractivity contribution in [1.82, 2.24) is 14.7 Å². The molecule has 0 bridgehead atoms. The number of anilines is 1. The molecular weight excluding hydrogens is 248 g/mol. The Morgan fingerprint density at radius 1 is 1.30 bits per heavy atom. The zero-order valence-corrected chi connectivity index (χ0v) is 12.8. The Morgan fingerprint density at radius 2 is 2.05 bits per heavy atom. The summed E-state index contributed by atoms with van der Waals surface area (Å²) in [6.07, 6.45) is 4.04. The third kappa shape index (κ3) is 3.61. The highest BCUT2D eigenvalue weighted by molar-refractivity contribution is 5.52. The SMILES string of the molecule is CCn1cc(C(C)Nc2ccccc2CN(C)C)cn1. The number of benzene rings is 1. The molecule has 1 aromatic heterocycles. The predicted molar refractivity (Wildman–Crippen MR) is 83.8 cm³/mol. The molecule has 2 aromatic rings. The summed E-state index contributed by atoms with van der Waals surface area (Å²) >= 11 is 0. The van der Waals surface area contributed by atoms with Gasteiger partial charge in [0.15, 0.2) is 0 Å². The smallest absolute Gasteiger partial charge is 0.0542 e. The summed E-state index contributed by atoms with van der Waals surface area (Å²) in [5, 5.41) is 7.93. The van der Waals surface area contributed by atoms with E-state index in [4.69, 9.17) is 0 Å². The average Bonchev–Trinajstić information content (AvgIpc) is 2.89. The molecule has 0 aliphatic heterocycles. The highest BCUT2D eigenvalue weighted by Gasteiger charge is 2.10. The summed E-state index contributed by atoms with van der Waals surface area (Å²) in [7, 11) is 4.18. The van der Waals surface area contributed by atoms with Gasteiger partial charge in [0, 0.05) is 30.5 Å². The first kappa shape index (κ1) is 14.6. The Labute approximate surface area is 121 Å². The Kier molecular flexibility index (Phi) is 4.79. The lowest BCUT2D eigenvalue weighted by atomic mass is 10.1. The Morgan fingerprint density at radius 3 is 2.70 bits per heavy atom. The fourth-order valence-corrected chi connectivity index (χ4v) is 2.23. The molecule has 0 spiro atoms. The van der Waals surface area contributed by atoms with Gasteiger partial charge < -0.3 is 10.2 Å². The number of rotatable bonds is 6. The fourth-order valence-electron chi connectivity index (χ4n) is 2.23. The van der Waals surface area contributed by atoms with Gasteiger partial charge in [-0.05, 0) is 39.6 Å². The molecule has 1 heterocycles. The second-order valence-corrected chi connectivity index (χ2v) is 5.39. The number of aryl methyl sites for hydroxylation is 1. The predicted octanol–water partition coefficient (Wildman–Crippen LogP) is 3.14. The van der Waals surface area contributed by atoms with Crippen molar-refractivity contribution in [3.8, 4) is 0 Å². The van der Waals surface area contributed by atoms with E-state index < -0.39 is 0 Å². The zero-order valence-electron chi connectivity index (χ0n) is 12.8. The van der Waals surface area contributed by atoms with Gasteiger partial charge in [0.1, 0.15) is 0 Å². The molecule has 1 aromatic carbocycles. The van der Waals surface area contributed by atoms with Gasteiger partial charge in [0.05, 0.1) is 12.2 Å². The lowest BCUT2D eigenvalue weighted by Gasteiger charge is -2.19. The fraction of sp³-hybridized carbons (Fsp3) is 0.438. The van der Waals surface area contributed by atoms with Crippen molar-refractivity contribution in [3.05, 3.63) is 47.8 Å². The van der Waals surface area contributed by atoms with Crippen LogP contribution in [0, 0.1) is 0 Å². The zero-order chi connectivity index (χ0) is 14.5. The van der Waals surface area contributed by atoms with Crippen LogP contribution in [0.2, 0.25) is 0 Å². The van der Waals surface area contributed by atoms with Crippen molar-refractivity contribution in [2.24, 2.45) is 0 Å². The minimum Gasteiger partial charge on any atom is -0.378 e. The number of hydrogen-bond acceptors (Lipinski definition) is 3. The highest BCUT2D eigenvalue weighted by atomic mass is 15.3. The molecule has 0 fully saturated rings. The van der Waals surface area contributed by atoms with Crippen LogP contribution in [0.3, 0.4) is 0 Å². The van der Waals surface area contributed by atoms with Gasteiger partial charge in [-0.2, -0.15) is 5.10 Å². The van der Waals surface area contributed by atoms with Crippen LogP contribution < -0.4 is 5.32 Å². The van der Waals surface area contributed by atoms with Crippen LogP contribution in [-0.2, 0) is 13.1 Å². The molecule has 0 saturated carbocycles. The van der Waals surface area contributed by atoms with Crippen LogP contribution in [0.15, 0.2) is 36.7 Å². The summed E-state index contributed by atoms with van der Waals surface area (Å²) in [6.45, 7) is 6.11. The maximum absolute atomic E-state index is 4.34. The topological polar surface area (TPSA) is 33.1 Å².